The summed E-state index contributed by atoms with van der Waals surface area (Å²) in [6, 6.07) is 21.2. The van der Waals surface area contributed by atoms with E-state index in [4.69, 9.17) is 16.3 Å². The molecule has 39 heavy (non-hydrogen) atoms. The number of aromatic nitrogens is 1. The van der Waals surface area contributed by atoms with Crippen molar-refractivity contribution in [1.82, 2.24) is 15.8 Å². The molecule has 1 aromatic heterocycles. The number of ketones is 1. The van der Waals surface area contributed by atoms with Gasteiger partial charge in [-0.2, -0.15) is 0 Å². The standard InChI is InChI=1S/C18H19ClN2O3.C10H7BrN2OS/c1-18(2,17(23)21-20-3)24-15-10-6-13(7-11-15)16(22)12-4-8-14(19)9-5-12;11-8-3-1-7(2-4-8)9-5-15-10(13-9)12-6-14/h4-11,20H,1-3H3,(H,21,23);1-6H,(H,12,13,14). The Morgan fingerprint density at radius 3 is 2.13 bits per heavy atom. The van der Waals surface area contributed by atoms with Crippen molar-refractivity contribution in [3.63, 3.8) is 0 Å². The van der Waals surface area contributed by atoms with Gasteiger partial charge in [-0.1, -0.05) is 39.7 Å². The highest BCUT2D eigenvalue weighted by atomic mass is 79.9. The smallest absolute Gasteiger partial charge is 0.277 e. The third-order valence-electron chi connectivity index (χ3n) is 5.21. The molecule has 11 heteroatoms. The first kappa shape index (κ1) is 30.0. The fraction of sp³-hybridized carbons (Fsp3) is 0.143. The van der Waals surface area contributed by atoms with Crippen LogP contribution in [0, 0.1) is 0 Å². The summed E-state index contributed by atoms with van der Waals surface area (Å²) in [5.41, 5.74) is 7.00. The normalized spacial score (nSPS) is 10.6. The minimum Gasteiger partial charge on any atom is -0.478 e. The second-order valence-electron chi connectivity index (χ2n) is 8.48. The molecule has 0 bridgehead atoms. The van der Waals surface area contributed by atoms with Crippen molar-refractivity contribution in [3.8, 4) is 17.0 Å². The number of benzene rings is 3. The zero-order valence-corrected chi connectivity index (χ0v) is 24.5. The zero-order valence-electron chi connectivity index (χ0n) is 21.3. The minimum absolute atomic E-state index is 0.106. The van der Waals surface area contributed by atoms with Gasteiger partial charge < -0.3 is 10.1 Å². The molecule has 1 heterocycles. The van der Waals surface area contributed by atoms with Gasteiger partial charge in [-0.3, -0.25) is 19.8 Å². The van der Waals surface area contributed by atoms with E-state index in [1.807, 2.05) is 29.6 Å². The maximum Gasteiger partial charge on any atom is 0.277 e. The molecule has 3 N–H and O–H groups in total. The van der Waals surface area contributed by atoms with Crippen LogP contribution in [0.25, 0.3) is 11.3 Å². The number of carbonyl (C=O) groups is 3. The van der Waals surface area contributed by atoms with Crippen LogP contribution in [0.15, 0.2) is 82.6 Å². The van der Waals surface area contributed by atoms with Crippen LogP contribution in [-0.2, 0) is 9.59 Å². The number of nitrogens with one attached hydrogen (secondary N) is 3. The van der Waals surface area contributed by atoms with Crippen molar-refractivity contribution in [3.05, 3.63) is 98.8 Å². The lowest BCUT2D eigenvalue weighted by atomic mass is 10.0. The molecular formula is C28H26BrClN4O4S. The second-order valence-corrected chi connectivity index (χ2v) is 10.7. The van der Waals surface area contributed by atoms with Crippen LogP contribution in [0.1, 0.15) is 29.8 Å². The van der Waals surface area contributed by atoms with Crippen molar-refractivity contribution in [2.45, 2.75) is 19.4 Å². The monoisotopic (exact) mass is 628 g/mol. The van der Waals surface area contributed by atoms with E-state index in [9.17, 15) is 14.4 Å². The molecule has 4 rings (SSSR count). The molecule has 202 valence electrons. The lowest BCUT2D eigenvalue weighted by Crippen LogP contribution is -2.50. The summed E-state index contributed by atoms with van der Waals surface area (Å²) >= 11 is 10.6. The Bertz CT molecular complexity index is 1410. The molecule has 0 aliphatic rings. The SMILES string of the molecule is CNNC(=O)C(C)(C)Oc1ccc(C(=O)c2ccc(Cl)cc2)cc1.O=CNc1nc(-c2ccc(Br)cc2)cs1. The average molecular weight is 630 g/mol. The second kappa shape index (κ2) is 14.0. The molecular weight excluding hydrogens is 604 g/mol. The number of halogens is 2. The first-order valence-electron chi connectivity index (χ1n) is 11.6. The number of rotatable bonds is 9. The van der Waals surface area contributed by atoms with E-state index in [0.29, 0.717) is 33.4 Å². The molecule has 0 radical (unpaired) electrons. The van der Waals surface area contributed by atoms with Crippen molar-refractivity contribution >= 4 is 62.1 Å². The quantitative estimate of drug-likeness (QED) is 0.117. The van der Waals surface area contributed by atoms with Gasteiger partial charge in [0.1, 0.15) is 5.75 Å². The number of amides is 2. The predicted octanol–water partition coefficient (Wildman–Crippen LogP) is 6.12. The molecule has 8 nitrogen and oxygen atoms in total. The van der Waals surface area contributed by atoms with Crippen LogP contribution in [0.2, 0.25) is 5.02 Å². The van der Waals surface area contributed by atoms with Crippen LogP contribution in [0.4, 0.5) is 5.13 Å². The van der Waals surface area contributed by atoms with Gasteiger partial charge >= 0.3 is 0 Å². The number of anilines is 1. The van der Waals surface area contributed by atoms with Crippen molar-refractivity contribution in [2.24, 2.45) is 0 Å². The van der Waals surface area contributed by atoms with Crippen LogP contribution in [-0.4, -0.2) is 35.7 Å². The summed E-state index contributed by atoms with van der Waals surface area (Å²) < 4.78 is 6.73. The van der Waals surface area contributed by atoms with Crippen molar-refractivity contribution in [2.75, 3.05) is 12.4 Å². The Morgan fingerprint density at radius 2 is 1.56 bits per heavy atom. The highest BCUT2D eigenvalue weighted by molar-refractivity contribution is 9.10. The first-order chi connectivity index (χ1) is 18.6. The largest absolute Gasteiger partial charge is 0.478 e. The number of hydrogen-bond acceptors (Lipinski definition) is 7. The Balaban J connectivity index is 0.000000239. The van der Waals surface area contributed by atoms with Gasteiger partial charge in [-0.05, 0) is 74.5 Å². The topological polar surface area (TPSA) is 109 Å². The van der Waals surface area contributed by atoms with Gasteiger partial charge in [0.2, 0.25) is 6.41 Å². The molecule has 3 aromatic carbocycles. The predicted molar refractivity (Wildman–Crippen MR) is 158 cm³/mol. The molecule has 0 saturated carbocycles. The van der Waals surface area contributed by atoms with Crippen LogP contribution >= 0.6 is 38.9 Å². The van der Waals surface area contributed by atoms with E-state index in [0.717, 1.165) is 15.7 Å². The van der Waals surface area contributed by atoms with Crippen molar-refractivity contribution < 1.29 is 19.1 Å². The highest BCUT2D eigenvalue weighted by Crippen LogP contribution is 2.26. The molecule has 0 spiro atoms. The summed E-state index contributed by atoms with van der Waals surface area (Å²) in [7, 11) is 1.60. The Morgan fingerprint density at radius 1 is 0.974 bits per heavy atom. The van der Waals surface area contributed by atoms with E-state index in [2.05, 4.69) is 37.1 Å². The number of carbonyl (C=O) groups excluding carboxylic acids is 3. The molecule has 0 aliphatic carbocycles. The molecule has 0 atom stereocenters. The fourth-order valence-corrected chi connectivity index (χ4v) is 4.26. The summed E-state index contributed by atoms with van der Waals surface area (Å²) in [6.07, 6.45) is 0.629. The zero-order chi connectivity index (χ0) is 28.4. The van der Waals surface area contributed by atoms with E-state index in [-0.39, 0.29) is 11.7 Å². The molecule has 0 unspecified atom stereocenters. The fourth-order valence-electron chi connectivity index (χ4n) is 3.19. The number of hydrogen-bond donors (Lipinski definition) is 3. The van der Waals surface area contributed by atoms with E-state index in [1.54, 1.807) is 69.4 Å². The van der Waals surface area contributed by atoms with Gasteiger partial charge in [0.15, 0.2) is 16.5 Å². The van der Waals surface area contributed by atoms with Crippen LogP contribution < -0.4 is 20.9 Å². The van der Waals surface area contributed by atoms with Gasteiger partial charge in [0.25, 0.3) is 5.91 Å². The van der Waals surface area contributed by atoms with Gasteiger partial charge in [0.05, 0.1) is 5.69 Å². The summed E-state index contributed by atoms with van der Waals surface area (Å²) in [4.78, 5) is 38.8. The summed E-state index contributed by atoms with van der Waals surface area (Å²) in [6.45, 7) is 3.32. The van der Waals surface area contributed by atoms with Gasteiger partial charge in [-0.25, -0.2) is 10.4 Å². The van der Waals surface area contributed by atoms with Gasteiger partial charge in [0, 0.05) is 38.6 Å². The van der Waals surface area contributed by atoms with Crippen LogP contribution in [0.5, 0.6) is 5.75 Å². The molecule has 0 aliphatic heterocycles. The van der Waals surface area contributed by atoms with E-state index < -0.39 is 5.60 Å². The number of thiazole rings is 1. The maximum atomic E-state index is 12.4. The number of hydrazine groups is 1. The summed E-state index contributed by atoms with van der Waals surface area (Å²) in [5, 5.41) is 5.63. The third-order valence-corrected chi connectivity index (χ3v) is 6.76. The third kappa shape index (κ3) is 8.72. The molecule has 0 fully saturated rings. The molecule has 2 amide bonds. The maximum absolute atomic E-state index is 12.4. The molecule has 4 aromatic rings. The first-order valence-corrected chi connectivity index (χ1v) is 13.7. The molecule has 0 saturated heterocycles. The lowest BCUT2D eigenvalue weighted by Gasteiger charge is -2.25. The Kier molecular flexibility index (Phi) is 10.8. The van der Waals surface area contributed by atoms with E-state index in [1.165, 1.54) is 11.3 Å². The van der Waals surface area contributed by atoms with E-state index >= 15 is 0 Å². The Labute approximate surface area is 243 Å². The minimum atomic E-state index is -1.05. The Hall–Kier alpha value is -3.57. The highest BCUT2D eigenvalue weighted by Gasteiger charge is 2.29. The average Bonchev–Trinajstić information content (AvgIpc) is 3.39. The van der Waals surface area contributed by atoms with Gasteiger partial charge in [-0.15, -0.1) is 11.3 Å². The number of nitrogens with zero attached hydrogens (tertiary/aromatic N) is 1. The summed E-state index contributed by atoms with van der Waals surface area (Å²) in [5.74, 6) is 0.0932. The lowest BCUT2D eigenvalue weighted by molar-refractivity contribution is -0.135. The number of ether oxygens (including phenoxy) is 1. The van der Waals surface area contributed by atoms with Crippen LogP contribution in [0.3, 0.4) is 0 Å². The van der Waals surface area contributed by atoms with Crippen molar-refractivity contribution in [1.29, 1.82) is 0 Å².